The highest BCUT2D eigenvalue weighted by Gasteiger charge is 2.14. The Labute approximate surface area is 85.1 Å². The van der Waals surface area contributed by atoms with E-state index in [1.165, 1.54) is 17.4 Å². The highest BCUT2D eigenvalue weighted by atomic mass is 32.1. The van der Waals surface area contributed by atoms with Gasteiger partial charge in [0, 0.05) is 4.88 Å². The van der Waals surface area contributed by atoms with E-state index in [9.17, 15) is 9.59 Å². The molecule has 0 fully saturated rings. The zero-order valence-electron chi connectivity index (χ0n) is 7.65. The molecule has 1 N–H and O–H groups in total. The third-order valence-electron chi connectivity index (χ3n) is 1.59. The average molecular weight is 214 g/mol. The minimum absolute atomic E-state index is 0.0349. The Morgan fingerprint density at radius 2 is 2.29 bits per heavy atom. The second-order valence-corrected chi connectivity index (χ2v) is 3.55. The maximum atomic E-state index is 11.1. The number of aromatic carboxylic acids is 1. The normalized spacial score (nSPS) is 9.79. The molecular weight excluding hydrogens is 204 g/mol. The number of thiophene rings is 1. The van der Waals surface area contributed by atoms with Crippen molar-refractivity contribution in [3.05, 3.63) is 21.9 Å². The van der Waals surface area contributed by atoms with Crippen LogP contribution in [-0.4, -0.2) is 23.7 Å². The second kappa shape index (κ2) is 4.76. The summed E-state index contributed by atoms with van der Waals surface area (Å²) >= 11 is 1.25. The maximum Gasteiger partial charge on any atom is 0.336 e. The molecule has 0 aliphatic carbocycles. The first kappa shape index (κ1) is 10.7. The molecule has 0 spiro atoms. The van der Waals surface area contributed by atoms with Crippen molar-refractivity contribution in [2.24, 2.45) is 0 Å². The van der Waals surface area contributed by atoms with Crippen LogP contribution in [0.4, 0.5) is 0 Å². The number of carboxylic acid groups (broad SMARTS) is 1. The molecule has 4 nitrogen and oxygen atoms in total. The highest BCUT2D eigenvalue weighted by molar-refractivity contribution is 7.10. The van der Waals surface area contributed by atoms with Crippen LogP contribution in [0.1, 0.15) is 22.2 Å². The van der Waals surface area contributed by atoms with Gasteiger partial charge in [-0.25, -0.2) is 4.79 Å². The number of carbonyl (C=O) groups excluding carboxylic acids is 1. The van der Waals surface area contributed by atoms with Gasteiger partial charge >= 0.3 is 11.9 Å². The van der Waals surface area contributed by atoms with E-state index in [-0.39, 0.29) is 12.0 Å². The van der Waals surface area contributed by atoms with Crippen molar-refractivity contribution in [2.75, 3.05) is 6.61 Å². The summed E-state index contributed by atoms with van der Waals surface area (Å²) in [5.74, 6) is -1.40. The van der Waals surface area contributed by atoms with Gasteiger partial charge < -0.3 is 9.84 Å². The largest absolute Gasteiger partial charge is 0.478 e. The van der Waals surface area contributed by atoms with Crippen molar-refractivity contribution in [2.45, 2.75) is 13.3 Å². The minimum atomic E-state index is -1.01. The van der Waals surface area contributed by atoms with Gasteiger partial charge in [0.05, 0.1) is 18.6 Å². The van der Waals surface area contributed by atoms with E-state index in [4.69, 9.17) is 9.84 Å². The molecule has 0 saturated carbocycles. The fraction of sp³-hybridized carbons (Fsp3) is 0.333. The van der Waals surface area contributed by atoms with Crippen molar-refractivity contribution < 1.29 is 19.4 Å². The third kappa shape index (κ3) is 2.56. The molecular formula is C9H10O4S. The molecule has 14 heavy (non-hydrogen) atoms. The van der Waals surface area contributed by atoms with E-state index in [1.54, 1.807) is 12.3 Å². The molecule has 0 saturated heterocycles. The summed E-state index contributed by atoms with van der Waals surface area (Å²) in [7, 11) is 0. The first-order valence-electron chi connectivity index (χ1n) is 4.10. The Balaban J connectivity index is 2.71. The van der Waals surface area contributed by atoms with E-state index in [2.05, 4.69) is 0 Å². The smallest absolute Gasteiger partial charge is 0.336 e. The highest BCUT2D eigenvalue weighted by Crippen LogP contribution is 2.17. The fourth-order valence-electron chi connectivity index (χ4n) is 1.01. The summed E-state index contributed by atoms with van der Waals surface area (Å²) in [6.07, 6.45) is 0.0349. The molecule has 0 aliphatic rings. The van der Waals surface area contributed by atoms with Gasteiger partial charge in [-0.15, -0.1) is 11.3 Å². The number of carboxylic acids is 1. The van der Waals surface area contributed by atoms with Crippen molar-refractivity contribution in [3.63, 3.8) is 0 Å². The molecule has 1 aromatic heterocycles. The molecule has 0 bridgehead atoms. The summed E-state index contributed by atoms with van der Waals surface area (Å²) in [4.78, 5) is 22.3. The van der Waals surface area contributed by atoms with Crippen molar-refractivity contribution >= 4 is 23.3 Å². The fourth-order valence-corrected chi connectivity index (χ4v) is 1.86. The Kier molecular flexibility index (Phi) is 3.64. The molecule has 0 aliphatic heterocycles. The van der Waals surface area contributed by atoms with Gasteiger partial charge in [0.2, 0.25) is 0 Å². The van der Waals surface area contributed by atoms with Crippen molar-refractivity contribution in [1.82, 2.24) is 0 Å². The Hall–Kier alpha value is -1.36. The molecule has 0 unspecified atom stereocenters. The van der Waals surface area contributed by atoms with Crippen molar-refractivity contribution in [3.8, 4) is 0 Å². The third-order valence-corrected chi connectivity index (χ3v) is 2.51. The summed E-state index contributed by atoms with van der Waals surface area (Å²) in [6.45, 7) is 2.02. The summed E-state index contributed by atoms with van der Waals surface area (Å²) < 4.78 is 4.72. The lowest BCUT2D eigenvalue weighted by molar-refractivity contribution is -0.142. The van der Waals surface area contributed by atoms with Gasteiger partial charge in [-0.3, -0.25) is 4.79 Å². The molecule has 1 heterocycles. The Morgan fingerprint density at radius 3 is 2.86 bits per heavy atom. The number of hydrogen-bond donors (Lipinski definition) is 1. The predicted octanol–water partition coefficient (Wildman–Crippen LogP) is 1.55. The van der Waals surface area contributed by atoms with Gasteiger partial charge in [-0.1, -0.05) is 0 Å². The molecule has 0 amide bonds. The van der Waals surface area contributed by atoms with Gasteiger partial charge in [-0.05, 0) is 18.4 Å². The second-order valence-electron chi connectivity index (χ2n) is 2.54. The summed E-state index contributed by atoms with van der Waals surface area (Å²) in [5.41, 5.74) is 0.183. The first-order valence-corrected chi connectivity index (χ1v) is 4.98. The van der Waals surface area contributed by atoms with Crippen LogP contribution in [0.3, 0.4) is 0 Å². The van der Waals surface area contributed by atoms with E-state index in [0.29, 0.717) is 11.5 Å². The standard InChI is InChI=1S/C9H10O4S/c1-2-13-8(10)5-7-6(9(11)12)3-4-14-7/h3-4H,2,5H2,1H3,(H,11,12). The molecule has 76 valence electrons. The van der Waals surface area contributed by atoms with Gasteiger partial charge in [0.15, 0.2) is 0 Å². The number of esters is 1. The van der Waals surface area contributed by atoms with Gasteiger partial charge in [0.1, 0.15) is 0 Å². The first-order chi connectivity index (χ1) is 6.65. The SMILES string of the molecule is CCOC(=O)Cc1sccc1C(=O)O. The number of carbonyl (C=O) groups is 2. The van der Waals surface area contributed by atoms with Gasteiger partial charge in [-0.2, -0.15) is 0 Å². The van der Waals surface area contributed by atoms with Crippen LogP contribution in [0, 0.1) is 0 Å². The zero-order chi connectivity index (χ0) is 10.6. The molecule has 5 heteroatoms. The van der Waals surface area contributed by atoms with Crippen LogP contribution in [0.15, 0.2) is 11.4 Å². The van der Waals surface area contributed by atoms with E-state index >= 15 is 0 Å². The lowest BCUT2D eigenvalue weighted by atomic mass is 10.2. The topological polar surface area (TPSA) is 63.6 Å². The Morgan fingerprint density at radius 1 is 1.57 bits per heavy atom. The van der Waals surface area contributed by atoms with Crippen LogP contribution in [0.2, 0.25) is 0 Å². The Bertz CT molecular complexity index is 342. The molecule has 1 rings (SSSR count). The number of rotatable bonds is 4. The van der Waals surface area contributed by atoms with E-state index in [0.717, 1.165) is 0 Å². The van der Waals surface area contributed by atoms with E-state index in [1.807, 2.05) is 0 Å². The monoisotopic (exact) mass is 214 g/mol. The number of ether oxygens (including phenoxy) is 1. The van der Waals surface area contributed by atoms with Crippen LogP contribution in [0.5, 0.6) is 0 Å². The lowest BCUT2D eigenvalue weighted by Crippen LogP contribution is -2.09. The minimum Gasteiger partial charge on any atom is -0.478 e. The van der Waals surface area contributed by atoms with Crippen LogP contribution >= 0.6 is 11.3 Å². The van der Waals surface area contributed by atoms with Crippen LogP contribution < -0.4 is 0 Å². The van der Waals surface area contributed by atoms with Crippen molar-refractivity contribution in [1.29, 1.82) is 0 Å². The molecule has 0 aromatic carbocycles. The van der Waals surface area contributed by atoms with E-state index < -0.39 is 11.9 Å². The zero-order valence-corrected chi connectivity index (χ0v) is 8.47. The summed E-state index contributed by atoms with van der Waals surface area (Å²) in [6, 6.07) is 1.49. The maximum absolute atomic E-state index is 11.1. The molecule has 1 aromatic rings. The average Bonchev–Trinajstić information content (AvgIpc) is 2.52. The number of hydrogen-bond acceptors (Lipinski definition) is 4. The molecule has 0 radical (unpaired) electrons. The predicted molar refractivity (Wildman–Crippen MR) is 51.6 cm³/mol. The lowest BCUT2D eigenvalue weighted by Gasteiger charge is -2.00. The summed E-state index contributed by atoms with van der Waals surface area (Å²) in [5, 5.41) is 10.4. The quantitative estimate of drug-likeness (QED) is 0.772. The van der Waals surface area contributed by atoms with Crippen LogP contribution in [-0.2, 0) is 16.0 Å². The molecule has 0 atom stereocenters. The van der Waals surface area contributed by atoms with Gasteiger partial charge in [0.25, 0.3) is 0 Å². The van der Waals surface area contributed by atoms with Crippen LogP contribution in [0.25, 0.3) is 0 Å².